The number of rotatable bonds is 6. The standard InChI is InChI=1S/C10H16N4O2S/c1-11-17(15,16)5-4-12-10-6-9(8-2-3-8)13-7-14-10/h6-8,11H,2-5H2,1H3,(H,12,13,14). The summed E-state index contributed by atoms with van der Waals surface area (Å²) < 4.78 is 24.6. The van der Waals surface area contributed by atoms with Gasteiger partial charge in [0.2, 0.25) is 10.0 Å². The molecule has 0 unspecified atom stereocenters. The molecule has 0 aliphatic heterocycles. The van der Waals surface area contributed by atoms with Gasteiger partial charge in [-0.05, 0) is 19.9 Å². The quantitative estimate of drug-likeness (QED) is 0.765. The fourth-order valence-electron chi connectivity index (χ4n) is 1.49. The van der Waals surface area contributed by atoms with Gasteiger partial charge < -0.3 is 5.32 Å². The Bertz CT molecular complexity index is 485. The Balaban J connectivity index is 1.88. The second-order valence-electron chi connectivity index (χ2n) is 4.05. The largest absolute Gasteiger partial charge is 0.369 e. The van der Waals surface area contributed by atoms with Crippen molar-refractivity contribution in [2.75, 3.05) is 24.7 Å². The number of hydrogen-bond donors (Lipinski definition) is 2. The van der Waals surface area contributed by atoms with Crippen LogP contribution in [-0.2, 0) is 10.0 Å². The molecule has 1 aliphatic carbocycles. The molecular formula is C10H16N4O2S. The molecule has 1 fully saturated rings. The van der Waals surface area contributed by atoms with Gasteiger partial charge >= 0.3 is 0 Å². The predicted octanol–water partition coefficient (Wildman–Crippen LogP) is 0.315. The van der Waals surface area contributed by atoms with E-state index >= 15 is 0 Å². The van der Waals surface area contributed by atoms with Crippen LogP contribution < -0.4 is 10.0 Å². The average Bonchev–Trinajstić information content (AvgIpc) is 3.13. The van der Waals surface area contributed by atoms with E-state index in [0.717, 1.165) is 5.69 Å². The Hall–Kier alpha value is -1.21. The maximum Gasteiger partial charge on any atom is 0.213 e. The highest BCUT2D eigenvalue weighted by Crippen LogP contribution is 2.39. The van der Waals surface area contributed by atoms with E-state index in [9.17, 15) is 8.42 Å². The van der Waals surface area contributed by atoms with Crippen LogP contribution in [0.2, 0.25) is 0 Å². The van der Waals surface area contributed by atoms with Crippen LogP contribution in [0.15, 0.2) is 12.4 Å². The summed E-state index contributed by atoms with van der Waals surface area (Å²) in [4.78, 5) is 8.25. The highest BCUT2D eigenvalue weighted by Gasteiger charge is 2.25. The summed E-state index contributed by atoms with van der Waals surface area (Å²) >= 11 is 0. The van der Waals surface area contributed by atoms with Crippen LogP contribution in [0.1, 0.15) is 24.5 Å². The minimum atomic E-state index is -3.16. The molecule has 0 saturated heterocycles. The normalized spacial score (nSPS) is 15.8. The lowest BCUT2D eigenvalue weighted by Gasteiger charge is -2.06. The lowest BCUT2D eigenvalue weighted by Crippen LogP contribution is -2.26. The molecule has 17 heavy (non-hydrogen) atoms. The fourth-order valence-corrected chi connectivity index (χ4v) is 2.06. The highest BCUT2D eigenvalue weighted by atomic mass is 32.2. The first-order chi connectivity index (χ1) is 8.11. The molecule has 2 rings (SSSR count). The number of aromatic nitrogens is 2. The van der Waals surface area contributed by atoms with Gasteiger partial charge in [0.05, 0.1) is 5.75 Å². The number of hydrogen-bond acceptors (Lipinski definition) is 5. The third-order valence-electron chi connectivity index (χ3n) is 2.67. The minimum absolute atomic E-state index is 0.0340. The summed E-state index contributed by atoms with van der Waals surface area (Å²) in [5.74, 6) is 1.29. The molecule has 1 aromatic heterocycles. The summed E-state index contributed by atoms with van der Waals surface area (Å²) in [6.45, 7) is 0.338. The number of sulfonamides is 1. The summed E-state index contributed by atoms with van der Waals surface area (Å²) in [5, 5.41) is 2.99. The van der Waals surface area contributed by atoms with E-state index in [1.807, 2.05) is 6.07 Å². The van der Waals surface area contributed by atoms with Crippen LogP contribution in [0.3, 0.4) is 0 Å². The van der Waals surface area contributed by atoms with E-state index in [2.05, 4.69) is 20.0 Å². The van der Waals surface area contributed by atoms with Gasteiger partial charge in [0.1, 0.15) is 12.1 Å². The zero-order valence-corrected chi connectivity index (χ0v) is 10.5. The van der Waals surface area contributed by atoms with Gasteiger partial charge in [-0.1, -0.05) is 0 Å². The number of anilines is 1. The smallest absolute Gasteiger partial charge is 0.213 e. The minimum Gasteiger partial charge on any atom is -0.369 e. The van der Waals surface area contributed by atoms with Gasteiger partial charge in [-0.15, -0.1) is 0 Å². The van der Waals surface area contributed by atoms with Crippen molar-refractivity contribution in [1.29, 1.82) is 0 Å². The molecule has 0 radical (unpaired) electrons. The van der Waals surface area contributed by atoms with Gasteiger partial charge in [-0.2, -0.15) is 0 Å². The molecule has 0 spiro atoms. The van der Waals surface area contributed by atoms with Crippen molar-refractivity contribution < 1.29 is 8.42 Å². The maximum atomic E-state index is 11.2. The van der Waals surface area contributed by atoms with Gasteiger partial charge in [0.15, 0.2) is 0 Å². The summed E-state index contributed by atoms with van der Waals surface area (Å²) in [6.07, 6.45) is 3.89. The van der Waals surface area contributed by atoms with E-state index < -0.39 is 10.0 Å². The molecule has 1 aromatic rings. The Morgan fingerprint density at radius 2 is 2.18 bits per heavy atom. The van der Waals surface area contributed by atoms with E-state index in [4.69, 9.17) is 0 Å². The van der Waals surface area contributed by atoms with Gasteiger partial charge in [0.25, 0.3) is 0 Å². The predicted molar refractivity (Wildman–Crippen MR) is 65.3 cm³/mol. The average molecular weight is 256 g/mol. The summed E-state index contributed by atoms with van der Waals surface area (Å²) in [6, 6.07) is 1.89. The highest BCUT2D eigenvalue weighted by molar-refractivity contribution is 7.89. The van der Waals surface area contributed by atoms with Crippen LogP contribution in [0.25, 0.3) is 0 Å². The van der Waals surface area contributed by atoms with E-state index in [0.29, 0.717) is 18.3 Å². The third kappa shape index (κ3) is 3.64. The first kappa shape index (κ1) is 12.3. The first-order valence-corrected chi connectivity index (χ1v) is 7.23. The lowest BCUT2D eigenvalue weighted by atomic mass is 10.3. The Morgan fingerprint density at radius 1 is 1.41 bits per heavy atom. The molecule has 6 nitrogen and oxygen atoms in total. The van der Waals surface area contributed by atoms with E-state index in [-0.39, 0.29) is 5.75 Å². The zero-order valence-electron chi connectivity index (χ0n) is 9.68. The lowest BCUT2D eigenvalue weighted by molar-refractivity contribution is 0.588. The number of nitrogens with zero attached hydrogens (tertiary/aromatic N) is 2. The van der Waals surface area contributed by atoms with E-state index in [1.54, 1.807) is 0 Å². The molecule has 0 bridgehead atoms. The molecule has 94 valence electrons. The third-order valence-corrected chi connectivity index (χ3v) is 4.04. The van der Waals surface area contributed by atoms with Crippen molar-refractivity contribution in [3.8, 4) is 0 Å². The van der Waals surface area contributed by atoms with Crippen LogP contribution in [-0.4, -0.2) is 37.7 Å². The summed E-state index contributed by atoms with van der Waals surface area (Å²) in [7, 11) is -1.75. The van der Waals surface area contributed by atoms with Gasteiger partial charge in [-0.25, -0.2) is 23.1 Å². The molecular weight excluding hydrogens is 240 g/mol. The van der Waals surface area contributed by atoms with Crippen LogP contribution >= 0.6 is 0 Å². The van der Waals surface area contributed by atoms with Crippen molar-refractivity contribution in [3.05, 3.63) is 18.1 Å². The maximum absolute atomic E-state index is 11.2. The van der Waals surface area contributed by atoms with Crippen molar-refractivity contribution in [2.45, 2.75) is 18.8 Å². The monoisotopic (exact) mass is 256 g/mol. The molecule has 0 atom stereocenters. The summed E-state index contributed by atoms with van der Waals surface area (Å²) in [5.41, 5.74) is 1.04. The molecule has 1 heterocycles. The van der Waals surface area contributed by atoms with Crippen LogP contribution in [0, 0.1) is 0 Å². The molecule has 0 aromatic carbocycles. The molecule has 0 amide bonds. The molecule has 2 N–H and O–H groups in total. The number of nitrogens with one attached hydrogen (secondary N) is 2. The Morgan fingerprint density at radius 3 is 2.82 bits per heavy atom. The van der Waals surface area contributed by atoms with Crippen LogP contribution in [0.5, 0.6) is 0 Å². The van der Waals surface area contributed by atoms with Gasteiger partial charge in [-0.3, -0.25) is 0 Å². The second-order valence-corrected chi connectivity index (χ2v) is 6.10. The topological polar surface area (TPSA) is 84.0 Å². The van der Waals surface area contributed by atoms with Crippen molar-refractivity contribution in [1.82, 2.24) is 14.7 Å². The van der Waals surface area contributed by atoms with Crippen molar-refractivity contribution in [3.63, 3.8) is 0 Å². The van der Waals surface area contributed by atoms with E-state index in [1.165, 1.54) is 26.2 Å². The van der Waals surface area contributed by atoms with Gasteiger partial charge in [0, 0.05) is 24.2 Å². The first-order valence-electron chi connectivity index (χ1n) is 5.58. The fraction of sp³-hybridized carbons (Fsp3) is 0.600. The van der Waals surface area contributed by atoms with Crippen LogP contribution in [0.4, 0.5) is 5.82 Å². The molecule has 1 aliphatic rings. The van der Waals surface area contributed by atoms with Crippen molar-refractivity contribution >= 4 is 15.8 Å². The Kier molecular flexibility index (Phi) is 3.58. The Labute approximate surface area is 101 Å². The molecule has 1 saturated carbocycles. The van der Waals surface area contributed by atoms with Crippen molar-refractivity contribution in [2.24, 2.45) is 0 Å². The molecule has 7 heteroatoms. The zero-order chi connectivity index (χ0) is 12.3. The second kappa shape index (κ2) is 4.97. The SMILES string of the molecule is CNS(=O)(=O)CCNc1cc(C2CC2)ncn1.